The summed E-state index contributed by atoms with van der Waals surface area (Å²) in [6.07, 6.45) is 0. The molecule has 2 amide bonds. The molecule has 0 aliphatic carbocycles. The summed E-state index contributed by atoms with van der Waals surface area (Å²) in [5.74, 6) is -0.378. The summed E-state index contributed by atoms with van der Waals surface area (Å²) < 4.78 is 0. The Bertz CT molecular complexity index is 1120. The second-order valence-electron chi connectivity index (χ2n) is 8.58. The molecular formula is C28H30N4O2. The van der Waals surface area contributed by atoms with Gasteiger partial charge in [0, 0.05) is 17.9 Å². The van der Waals surface area contributed by atoms with E-state index in [1.807, 2.05) is 76.2 Å². The van der Waals surface area contributed by atoms with Gasteiger partial charge in [-0.3, -0.25) is 14.5 Å². The van der Waals surface area contributed by atoms with Crippen LogP contribution >= 0.6 is 0 Å². The van der Waals surface area contributed by atoms with Crippen LogP contribution in [0.5, 0.6) is 0 Å². The number of nitriles is 1. The minimum atomic E-state index is -0.189. The van der Waals surface area contributed by atoms with E-state index in [0.29, 0.717) is 12.1 Å². The maximum atomic E-state index is 12.9. The number of carbonyl (C=O) groups is 2. The van der Waals surface area contributed by atoms with Gasteiger partial charge >= 0.3 is 0 Å². The predicted molar refractivity (Wildman–Crippen MR) is 136 cm³/mol. The summed E-state index contributed by atoms with van der Waals surface area (Å²) in [4.78, 5) is 27.7. The number of aryl methyl sites for hydroxylation is 4. The second-order valence-corrected chi connectivity index (χ2v) is 8.58. The van der Waals surface area contributed by atoms with Gasteiger partial charge in [0.25, 0.3) is 0 Å². The van der Waals surface area contributed by atoms with Gasteiger partial charge in [-0.05, 0) is 67.6 Å². The molecule has 34 heavy (non-hydrogen) atoms. The molecule has 3 rings (SSSR count). The fraction of sp³-hybridized carbons (Fsp3) is 0.250. The lowest BCUT2D eigenvalue weighted by molar-refractivity contribution is -0.120. The SMILES string of the molecule is Cc1cccc(C)c1NC(=O)CN(CC(=O)Nc1c(C)cccc1C)Cc1ccc(C#N)cc1. The van der Waals surface area contributed by atoms with Crippen molar-refractivity contribution in [2.24, 2.45) is 0 Å². The topological polar surface area (TPSA) is 85.2 Å². The van der Waals surface area contributed by atoms with E-state index in [1.165, 1.54) is 0 Å². The van der Waals surface area contributed by atoms with E-state index in [1.54, 1.807) is 17.0 Å². The van der Waals surface area contributed by atoms with E-state index in [9.17, 15) is 9.59 Å². The van der Waals surface area contributed by atoms with Crippen molar-refractivity contribution in [2.75, 3.05) is 23.7 Å². The van der Waals surface area contributed by atoms with Gasteiger partial charge in [-0.25, -0.2) is 0 Å². The van der Waals surface area contributed by atoms with Crippen molar-refractivity contribution in [3.8, 4) is 6.07 Å². The smallest absolute Gasteiger partial charge is 0.238 e. The molecule has 0 saturated heterocycles. The summed E-state index contributed by atoms with van der Waals surface area (Å²) in [6, 6.07) is 21.0. The van der Waals surface area contributed by atoms with Crippen molar-refractivity contribution in [1.29, 1.82) is 5.26 Å². The average Bonchev–Trinajstić information content (AvgIpc) is 2.79. The highest BCUT2D eigenvalue weighted by Crippen LogP contribution is 2.21. The first-order valence-electron chi connectivity index (χ1n) is 11.2. The number of hydrogen-bond donors (Lipinski definition) is 2. The molecule has 0 saturated carbocycles. The molecule has 0 spiro atoms. The Balaban J connectivity index is 1.76. The Morgan fingerprint density at radius 1 is 0.735 bits per heavy atom. The zero-order valence-corrected chi connectivity index (χ0v) is 20.1. The third-order valence-electron chi connectivity index (χ3n) is 5.71. The number of amides is 2. The fourth-order valence-electron chi connectivity index (χ4n) is 3.90. The third-order valence-corrected chi connectivity index (χ3v) is 5.71. The largest absolute Gasteiger partial charge is 0.324 e. The van der Waals surface area contributed by atoms with Crippen LogP contribution in [0.4, 0.5) is 11.4 Å². The molecule has 3 aromatic rings. The molecule has 174 valence electrons. The molecule has 6 heteroatoms. The van der Waals surface area contributed by atoms with Crippen LogP contribution in [-0.4, -0.2) is 29.8 Å². The van der Waals surface area contributed by atoms with Gasteiger partial charge in [-0.1, -0.05) is 48.5 Å². The summed E-state index contributed by atoms with van der Waals surface area (Å²) in [6.45, 7) is 8.31. The quantitative estimate of drug-likeness (QED) is 0.508. The number of anilines is 2. The molecule has 6 nitrogen and oxygen atoms in total. The van der Waals surface area contributed by atoms with Crippen molar-refractivity contribution >= 4 is 23.2 Å². The van der Waals surface area contributed by atoms with Crippen LogP contribution < -0.4 is 10.6 Å². The van der Waals surface area contributed by atoms with Gasteiger partial charge in [0.05, 0.1) is 24.7 Å². The zero-order chi connectivity index (χ0) is 24.7. The van der Waals surface area contributed by atoms with E-state index >= 15 is 0 Å². The number of para-hydroxylation sites is 2. The monoisotopic (exact) mass is 454 g/mol. The molecular weight excluding hydrogens is 424 g/mol. The number of carbonyl (C=O) groups excluding carboxylic acids is 2. The lowest BCUT2D eigenvalue weighted by Gasteiger charge is -2.23. The van der Waals surface area contributed by atoms with Crippen LogP contribution in [0.15, 0.2) is 60.7 Å². The average molecular weight is 455 g/mol. The third kappa shape index (κ3) is 6.53. The molecule has 0 heterocycles. The molecule has 0 aromatic heterocycles. The first-order chi connectivity index (χ1) is 16.3. The minimum absolute atomic E-state index is 0.0496. The van der Waals surface area contributed by atoms with Crippen molar-refractivity contribution in [1.82, 2.24) is 4.90 Å². The fourth-order valence-corrected chi connectivity index (χ4v) is 3.90. The Hall–Kier alpha value is -3.95. The second kappa shape index (κ2) is 11.3. The molecule has 0 fully saturated rings. The zero-order valence-electron chi connectivity index (χ0n) is 20.1. The van der Waals surface area contributed by atoms with Gasteiger partial charge in [0.1, 0.15) is 0 Å². The first-order valence-corrected chi connectivity index (χ1v) is 11.2. The Kier molecular flexibility index (Phi) is 8.18. The highest BCUT2D eigenvalue weighted by molar-refractivity contribution is 5.96. The van der Waals surface area contributed by atoms with Crippen molar-refractivity contribution < 1.29 is 9.59 Å². The highest BCUT2D eigenvalue weighted by Gasteiger charge is 2.18. The van der Waals surface area contributed by atoms with E-state index in [0.717, 1.165) is 39.2 Å². The molecule has 0 aliphatic rings. The lowest BCUT2D eigenvalue weighted by atomic mass is 10.1. The predicted octanol–water partition coefficient (Wildman–Crippen LogP) is 4.87. The minimum Gasteiger partial charge on any atom is -0.324 e. The van der Waals surface area contributed by atoms with Crippen molar-refractivity contribution in [3.63, 3.8) is 0 Å². The van der Waals surface area contributed by atoms with Crippen molar-refractivity contribution in [3.05, 3.63) is 94.0 Å². The maximum Gasteiger partial charge on any atom is 0.238 e. The molecule has 3 aromatic carbocycles. The van der Waals surface area contributed by atoms with Gasteiger partial charge in [0.15, 0.2) is 0 Å². The number of nitrogens with zero attached hydrogens (tertiary/aromatic N) is 2. The summed E-state index contributed by atoms with van der Waals surface area (Å²) in [7, 11) is 0. The van der Waals surface area contributed by atoms with Crippen LogP contribution in [-0.2, 0) is 16.1 Å². The summed E-state index contributed by atoms with van der Waals surface area (Å²) in [5, 5.41) is 15.0. The highest BCUT2D eigenvalue weighted by atomic mass is 16.2. The molecule has 2 N–H and O–H groups in total. The van der Waals surface area contributed by atoms with Crippen LogP contribution in [0.1, 0.15) is 33.4 Å². The number of benzene rings is 3. The Labute approximate surface area is 201 Å². The van der Waals surface area contributed by atoms with E-state index in [-0.39, 0.29) is 24.9 Å². The Morgan fingerprint density at radius 3 is 1.53 bits per heavy atom. The van der Waals surface area contributed by atoms with Gasteiger partial charge in [-0.15, -0.1) is 0 Å². The molecule has 0 atom stereocenters. The molecule has 0 unspecified atom stereocenters. The normalized spacial score (nSPS) is 10.6. The van der Waals surface area contributed by atoms with E-state index < -0.39 is 0 Å². The van der Waals surface area contributed by atoms with E-state index in [2.05, 4.69) is 16.7 Å². The molecule has 0 aliphatic heterocycles. The van der Waals surface area contributed by atoms with Crippen LogP contribution in [0, 0.1) is 39.0 Å². The number of hydrogen-bond acceptors (Lipinski definition) is 4. The molecule has 0 bridgehead atoms. The van der Waals surface area contributed by atoms with Gasteiger partial charge in [-0.2, -0.15) is 5.26 Å². The van der Waals surface area contributed by atoms with Crippen LogP contribution in [0.2, 0.25) is 0 Å². The van der Waals surface area contributed by atoms with E-state index in [4.69, 9.17) is 5.26 Å². The van der Waals surface area contributed by atoms with Gasteiger partial charge in [0.2, 0.25) is 11.8 Å². The Morgan fingerprint density at radius 2 is 1.15 bits per heavy atom. The molecule has 0 radical (unpaired) electrons. The number of rotatable bonds is 8. The number of nitrogens with one attached hydrogen (secondary N) is 2. The summed E-state index contributed by atoms with van der Waals surface area (Å²) in [5.41, 5.74) is 7.02. The standard InChI is InChI=1S/C28H30N4O2/c1-19-7-5-8-20(2)27(19)30-25(33)17-32(16-24-13-11-23(15-29)12-14-24)18-26(34)31-28-21(3)9-6-10-22(28)4/h5-14H,16-18H2,1-4H3,(H,30,33)(H,31,34). The first kappa shape index (κ1) is 24.7. The maximum absolute atomic E-state index is 12.9. The van der Waals surface area contributed by atoms with Crippen LogP contribution in [0.3, 0.4) is 0 Å². The van der Waals surface area contributed by atoms with Crippen LogP contribution in [0.25, 0.3) is 0 Å². The van der Waals surface area contributed by atoms with Crippen molar-refractivity contribution in [2.45, 2.75) is 34.2 Å². The lowest BCUT2D eigenvalue weighted by Crippen LogP contribution is -2.38. The van der Waals surface area contributed by atoms with Gasteiger partial charge < -0.3 is 10.6 Å². The summed E-state index contributed by atoms with van der Waals surface area (Å²) >= 11 is 0.